The maximum absolute atomic E-state index is 12.4. The van der Waals surface area contributed by atoms with Crippen LogP contribution in [0.25, 0.3) is 10.4 Å². The van der Waals surface area contributed by atoms with Gasteiger partial charge in [-0.3, -0.25) is 0 Å². The van der Waals surface area contributed by atoms with Crippen LogP contribution in [0.1, 0.15) is 28.1 Å². The third kappa shape index (κ3) is 6.59. The minimum atomic E-state index is -1.18. The third-order valence-electron chi connectivity index (χ3n) is 6.03. The van der Waals surface area contributed by atoms with E-state index in [-0.39, 0.29) is 22.6 Å². The molecule has 37 heavy (non-hydrogen) atoms. The predicted octanol–water partition coefficient (Wildman–Crippen LogP) is 5.17. The van der Waals surface area contributed by atoms with E-state index >= 15 is 0 Å². The van der Waals surface area contributed by atoms with Gasteiger partial charge in [-0.25, -0.2) is 14.4 Å². The lowest BCUT2D eigenvalue weighted by Crippen LogP contribution is -2.41. The summed E-state index contributed by atoms with van der Waals surface area (Å²) >= 11 is 1.03. The van der Waals surface area contributed by atoms with E-state index in [2.05, 4.69) is 0 Å². The van der Waals surface area contributed by atoms with E-state index in [0.29, 0.717) is 41.6 Å². The summed E-state index contributed by atoms with van der Waals surface area (Å²) in [7, 11) is 0. The van der Waals surface area contributed by atoms with E-state index in [0.717, 1.165) is 29.7 Å². The zero-order valence-corrected chi connectivity index (χ0v) is 21.0. The monoisotopic (exact) mass is 525 g/mol. The lowest BCUT2D eigenvalue weighted by atomic mass is 9.98. The molecule has 1 saturated heterocycles. The Morgan fingerprint density at radius 2 is 1.68 bits per heavy atom. The minimum absolute atomic E-state index is 0.0439. The Morgan fingerprint density at radius 1 is 0.973 bits per heavy atom. The Labute approximate surface area is 217 Å². The molecule has 0 radical (unpaired) electrons. The van der Waals surface area contributed by atoms with Gasteiger partial charge in [-0.15, -0.1) is 11.3 Å². The number of benzene rings is 2. The van der Waals surface area contributed by atoms with Gasteiger partial charge < -0.3 is 29.3 Å². The van der Waals surface area contributed by atoms with E-state index in [9.17, 15) is 19.5 Å². The normalized spacial score (nSPS) is 13.7. The summed E-state index contributed by atoms with van der Waals surface area (Å²) in [4.78, 5) is 37.3. The van der Waals surface area contributed by atoms with Gasteiger partial charge >= 0.3 is 18.0 Å². The fraction of sp³-hybridized carbons (Fsp3) is 0.296. The number of nitrogens with zero attached hydrogens (tertiary/aromatic N) is 1. The predicted molar refractivity (Wildman–Crippen MR) is 137 cm³/mol. The molecule has 4 rings (SSSR count). The fourth-order valence-electron chi connectivity index (χ4n) is 4.10. The van der Waals surface area contributed by atoms with Crippen LogP contribution in [0.15, 0.2) is 54.6 Å². The van der Waals surface area contributed by atoms with Crippen molar-refractivity contribution in [3.63, 3.8) is 0 Å². The number of carboxylic acids is 2. The molecule has 0 atom stereocenters. The van der Waals surface area contributed by atoms with Crippen molar-refractivity contribution in [1.82, 2.24) is 4.90 Å². The van der Waals surface area contributed by atoms with E-state index in [1.807, 2.05) is 42.5 Å². The van der Waals surface area contributed by atoms with Crippen molar-refractivity contribution in [3.05, 3.63) is 65.0 Å². The Kier molecular flexibility index (Phi) is 8.29. The maximum atomic E-state index is 12.4. The molecule has 0 unspecified atom stereocenters. The van der Waals surface area contributed by atoms with Crippen molar-refractivity contribution >= 4 is 29.4 Å². The molecule has 0 saturated carbocycles. The highest BCUT2D eigenvalue weighted by Crippen LogP contribution is 2.42. The molecule has 1 fully saturated rings. The first-order chi connectivity index (χ1) is 17.8. The van der Waals surface area contributed by atoms with Crippen LogP contribution in [0.4, 0.5) is 4.79 Å². The van der Waals surface area contributed by atoms with Crippen LogP contribution >= 0.6 is 11.3 Å². The summed E-state index contributed by atoms with van der Waals surface area (Å²) in [6.07, 6.45) is 1.23. The van der Waals surface area contributed by atoms with Crippen LogP contribution in [-0.2, 0) is 4.79 Å². The van der Waals surface area contributed by atoms with Crippen LogP contribution in [0.5, 0.6) is 17.2 Å². The molecule has 9 nitrogen and oxygen atoms in total. The molecule has 1 aromatic heterocycles. The summed E-state index contributed by atoms with van der Waals surface area (Å²) in [5, 5.41) is 18.5. The summed E-state index contributed by atoms with van der Waals surface area (Å²) in [5.74, 6) is -0.846. The van der Waals surface area contributed by atoms with Gasteiger partial charge in [0.25, 0.3) is 0 Å². The average molecular weight is 526 g/mol. The second-order valence-electron chi connectivity index (χ2n) is 8.65. The van der Waals surface area contributed by atoms with Crippen molar-refractivity contribution < 1.29 is 38.8 Å². The van der Waals surface area contributed by atoms with Gasteiger partial charge in [-0.2, -0.15) is 0 Å². The molecule has 2 aromatic carbocycles. The Bertz CT molecular complexity index is 1260. The second-order valence-corrected chi connectivity index (χ2v) is 9.67. The van der Waals surface area contributed by atoms with Crippen LogP contribution in [0.3, 0.4) is 0 Å². The molecule has 0 aliphatic carbocycles. The van der Waals surface area contributed by atoms with E-state index in [1.165, 1.54) is 0 Å². The SMILES string of the molecule is Cc1c(-c2cccc(OCC3CCN(C(=O)Oc4ccccc4)CC3)c2)sc(C(=O)O)c1OCC(=O)O. The Morgan fingerprint density at radius 3 is 2.35 bits per heavy atom. The van der Waals surface area contributed by atoms with E-state index in [1.54, 1.807) is 24.0 Å². The number of carbonyl (C=O) groups is 3. The zero-order valence-electron chi connectivity index (χ0n) is 20.2. The van der Waals surface area contributed by atoms with Crippen LogP contribution in [0, 0.1) is 12.8 Å². The van der Waals surface area contributed by atoms with Gasteiger partial charge in [0.05, 0.1) is 6.61 Å². The fourth-order valence-corrected chi connectivity index (χ4v) is 5.19. The molecule has 1 aliphatic heterocycles. The number of para-hydroxylation sites is 1. The number of likely N-dealkylation sites (tertiary alicyclic amines) is 1. The standard InChI is InChI=1S/C27H27NO8S/c1-17-23(35-16-22(29)30)25(26(31)32)37-24(17)19-6-5-9-21(14-19)34-15-18-10-12-28(13-11-18)27(33)36-20-7-3-2-4-8-20/h2-9,14,18H,10-13,15-16H2,1H3,(H,29,30)(H,31,32). The van der Waals surface area contributed by atoms with E-state index < -0.39 is 18.5 Å². The summed E-state index contributed by atoms with van der Waals surface area (Å²) in [6.45, 7) is 2.75. The molecule has 2 N–H and O–H groups in total. The lowest BCUT2D eigenvalue weighted by molar-refractivity contribution is -0.139. The Balaban J connectivity index is 1.35. The number of amides is 1. The second kappa shape index (κ2) is 11.8. The van der Waals surface area contributed by atoms with Crippen LogP contribution < -0.4 is 14.2 Å². The highest BCUT2D eigenvalue weighted by Gasteiger charge is 2.25. The topological polar surface area (TPSA) is 123 Å². The number of rotatable bonds is 9. The number of aromatic carboxylic acids is 1. The molecule has 2 heterocycles. The zero-order chi connectivity index (χ0) is 26.4. The maximum Gasteiger partial charge on any atom is 0.415 e. The van der Waals surface area contributed by atoms with Gasteiger partial charge in [0, 0.05) is 23.5 Å². The number of carboxylic acid groups (broad SMARTS) is 2. The highest BCUT2D eigenvalue weighted by molar-refractivity contribution is 7.18. The molecular weight excluding hydrogens is 498 g/mol. The molecule has 10 heteroatoms. The van der Waals surface area contributed by atoms with Gasteiger partial charge in [-0.1, -0.05) is 30.3 Å². The molecular formula is C27H27NO8S. The van der Waals surface area contributed by atoms with Crippen molar-refractivity contribution in [1.29, 1.82) is 0 Å². The number of thiophene rings is 1. The van der Waals surface area contributed by atoms with Gasteiger partial charge in [0.1, 0.15) is 17.2 Å². The number of carbonyl (C=O) groups excluding carboxylic acids is 1. The van der Waals surface area contributed by atoms with Crippen molar-refractivity contribution in [2.75, 3.05) is 26.3 Å². The number of hydrogen-bond donors (Lipinski definition) is 2. The van der Waals surface area contributed by atoms with Crippen LogP contribution in [0.2, 0.25) is 0 Å². The quantitative estimate of drug-likeness (QED) is 0.392. The number of aliphatic carboxylic acids is 1. The molecule has 1 amide bonds. The van der Waals surface area contributed by atoms with Gasteiger partial charge in [-0.05, 0) is 55.5 Å². The van der Waals surface area contributed by atoms with Crippen molar-refractivity contribution in [2.45, 2.75) is 19.8 Å². The largest absolute Gasteiger partial charge is 0.493 e. The van der Waals surface area contributed by atoms with Crippen molar-refractivity contribution in [2.24, 2.45) is 5.92 Å². The first-order valence-corrected chi connectivity index (χ1v) is 12.6. The molecule has 3 aromatic rings. The van der Waals surface area contributed by atoms with Gasteiger partial charge in [0.15, 0.2) is 11.5 Å². The Hall–Kier alpha value is -4.05. The first kappa shape index (κ1) is 26.0. The van der Waals surface area contributed by atoms with Crippen molar-refractivity contribution in [3.8, 4) is 27.7 Å². The molecule has 1 aliphatic rings. The number of hydrogen-bond acceptors (Lipinski definition) is 7. The smallest absolute Gasteiger partial charge is 0.415 e. The molecule has 0 bridgehead atoms. The highest BCUT2D eigenvalue weighted by atomic mass is 32.1. The van der Waals surface area contributed by atoms with Crippen LogP contribution in [-0.4, -0.2) is 59.4 Å². The lowest BCUT2D eigenvalue weighted by Gasteiger charge is -2.31. The molecule has 0 spiro atoms. The van der Waals surface area contributed by atoms with Gasteiger partial charge in [0.2, 0.25) is 0 Å². The molecule has 194 valence electrons. The number of ether oxygens (including phenoxy) is 3. The summed E-state index contributed by atoms with van der Waals surface area (Å²) in [5.41, 5.74) is 1.32. The summed E-state index contributed by atoms with van der Waals surface area (Å²) in [6, 6.07) is 16.3. The summed E-state index contributed by atoms with van der Waals surface area (Å²) < 4.78 is 16.7. The van der Waals surface area contributed by atoms with E-state index in [4.69, 9.17) is 19.3 Å². The average Bonchev–Trinajstić information content (AvgIpc) is 3.23. The first-order valence-electron chi connectivity index (χ1n) is 11.8. The minimum Gasteiger partial charge on any atom is -0.493 e. The number of piperidine rings is 1. The third-order valence-corrected chi connectivity index (χ3v) is 7.34.